The first-order valence-corrected chi connectivity index (χ1v) is 6.42. The number of nitrogens with zero attached hydrogens (tertiary/aromatic N) is 1. The summed E-state index contributed by atoms with van der Waals surface area (Å²) in [7, 11) is 0. The average molecular weight is 254 g/mol. The highest BCUT2D eigenvalue weighted by Crippen LogP contribution is 2.17. The van der Waals surface area contributed by atoms with Crippen molar-refractivity contribution in [1.82, 2.24) is 4.98 Å². The van der Waals surface area contributed by atoms with Crippen molar-refractivity contribution in [3.63, 3.8) is 0 Å². The maximum absolute atomic E-state index is 12.0. The Balaban J connectivity index is 1.94. The van der Waals surface area contributed by atoms with Gasteiger partial charge in [0.05, 0.1) is 0 Å². The van der Waals surface area contributed by atoms with Crippen LogP contribution in [0.1, 0.15) is 40.4 Å². The lowest BCUT2D eigenvalue weighted by atomic mass is 9.99. The van der Waals surface area contributed by atoms with Crippen LogP contribution in [0.5, 0.6) is 0 Å². The predicted molar refractivity (Wildman–Crippen MR) is 75.9 cm³/mol. The van der Waals surface area contributed by atoms with E-state index in [9.17, 15) is 4.79 Å². The molecule has 1 aromatic heterocycles. The Morgan fingerprint density at radius 1 is 1.26 bits per heavy atom. The Kier molecular flexibility index (Phi) is 4.42. The SMILES string of the molecule is Cc1cncc(C(=O)CCC(N)c2ccccc2)c1. The average Bonchev–Trinajstić information content (AvgIpc) is 2.45. The van der Waals surface area contributed by atoms with E-state index in [-0.39, 0.29) is 11.8 Å². The van der Waals surface area contributed by atoms with Gasteiger partial charge in [-0.1, -0.05) is 30.3 Å². The Morgan fingerprint density at radius 2 is 2.00 bits per heavy atom. The van der Waals surface area contributed by atoms with Crippen LogP contribution in [0.2, 0.25) is 0 Å². The van der Waals surface area contributed by atoms with E-state index in [1.807, 2.05) is 43.3 Å². The molecule has 0 saturated carbocycles. The third-order valence-corrected chi connectivity index (χ3v) is 3.11. The number of rotatable bonds is 5. The Labute approximate surface area is 113 Å². The van der Waals surface area contributed by atoms with Crippen LogP contribution >= 0.6 is 0 Å². The lowest BCUT2D eigenvalue weighted by Crippen LogP contribution is -2.12. The van der Waals surface area contributed by atoms with Crippen LogP contribution in [0, 0.1) is 6.92 Å². The summed E-state index contributed by atoms with van der Waals surface area (Å²) < 4.78 is 0. The molecule has 0 fully saturated rings. The number of Topliss-reactive ketones (excluding diaryl/α,β-unsaturated/α-hetero) is 1. The minimum Gasteiger partial charge on any atom is -0.324 e. The number of aromatic nitrogens is 1. The molecule has 0 aliphatic carbocycles. The summed E-state index contributed by atoms with van der Waals surface area (Å²) in [5, 5.41) is 0. The molecule has 0 bridgehead atoms. The van der Waals surface area contributed by atoms with Crippen LogP contribution in [-0.4, -0.2) is 10.8 Å². The molecule has 0 amide bonds. The van der Waals surface area contributed by atoms with Crippen LogP contribution in [0.25, 0.3) is 0 Å². The van der Waals surface area contributed by atoms with E-state index in [1.54, 1.807) is 12.4 Å². The van der Waals surface area contributed by atoms with Gasteiger partial charge >= 0.3 is 0 Å². The van der Waals surface area contributed by atoms with Crippen molar-refractivity contribution in [2.75, 3.05) is 0 Å². The van der Waals surface area contributed by atoms with Crippen LogP contribution in [-0.2, 0) is 0 Å². The molecule has 1 unspecified atom stereocenters. The van der Waals surface area contributed by atoms with E-state index < -0.39 is 0 Å². The van der Waals surface area contributed by atoms with Gasteiger partial charge in [0, 0.05) is 30.4 Å². The lowest BCUT2D eigenvalue weighted by molar-refractivity contribution is 0.0977. The highest BCUT2D eigenvalue weighted by molar-refractivity contribution is 5.95. The minimum absolute atomic E-state index is 0.0945. The summed E-state index contributed by atoms with van der Waals surface area (Å²) in [5.41, 5.74) is 8.82. The maximum Gasteiger partial charge on any atom is 0.164 e. The predicted octanol–water partition coefficient (Wildman–Crippen LogP) is 3.05. The van der Waals surface area contributed by atoms with Crippen molar-refractivity contribution in [1.29, 1.82) is 0 Å². The molecule has 0 aliphatic heterocycles. The van der Waals surface area contributed by atoms with Gasteiger partial charge in [-0.15, -0.1) is 0 Å². The molecule has 2 N–H and O–H groups in total. The monoisotopic (exact) mass is 254 g/mol. The van der Waals surface area contributed by atoms with Gasteiger partial charge in [0.25, 0.3) is 0 Å². The van der Waals surface area contributed by atoms with Crippen molar-refractivity contribution >= 4 is 5.78 Å². The molecule has 19 heavy (non-hydrogen) atoms. The first-order chi connectivity index (χ1) is 9.16. The van der Waals surface area contributed by atoms with Crippen molar-refractivity contribution in [2.24, 2.45) is 5.73 Å². The summed E-state index contributed by atoms with van der Waals surface area (Å²) in [6.45, 7) is 1.93. The number of carbonyl (C=O) groups is 1. The van der Waals surface area contributed by atoms with E-state index in [4.69, 9.17) is 5.73 Å². The topological polar surface area (TPSA) is 56.0 Å². The fourth-order valence-corrected chi connectivity index (χ4v) is 2.01. The number of aryl methyl sites for hydroxylation is 1. The fourth-order valence-electron chi connectivity index (χ4n) is 2.01. The molecule has 3 nitrogen and oxygen atoms in total. The standard InChI is InChI=1S/C16H18N2O/c1-12-9-14(11-18-10-12)16(19)8-7-15(17)13-5-3-2-4-6-13/h2-6,9-11,15H,7-8,17H2,1H3. The first kappa shape index (κ1) is 13.4. The van der Waals surface area contributed by atoms with Gasteiger partial charge in [0.15, 0.2) is 5.78 Å². The zero-order valence-electron chi connectivity index (χ0n) is 11.0. The molecule has 2 rings (SSSR count). The van der Waals surface area contributed by atoms with Crippen molar-refractivity contribution in [2.45, 2.75) is 25.8 Å². The molecule has 0 spiro atoms. The van der Waals surface area contributed by atoms with Crippen molar-refractivity contribution in [3.05, 3.63) is 65.5 Å². The molecular weight excluding hydrogens is 236 g/mol. The van der Waals surface area contributed by atoms with Crippen molar-refractivity contribution < 1.29 is 4.79 Å². The summed E-state index contributed by atoms with van der Waals surface area (Å²) >= 11 is 0. The number of pyridine rings is 1. The number of ketones is 1. The van der Waals surface area contributed by atoms with Crippen LogP contribution in [0.3, 0.4) is 0 Å². The van der Waals surface area contributed by atoms with Gasteiger partial charge in [-0.25, -0.2) is 0 Å². The zero-order valence-corrected chi connectivity index (χ0v) is 11.0. The third-order valence-electron chi connectivity index (χ3n) is 3.11. The number of hydrogen-bond donors (Lipinski definition) is 1. The van der Waals surface area contributed by atoms with Gasteiger partial charge in [0.2, 0.25) is 0 Å². The molecule has 1 atom stereocenters. The zero-order chi connectivity index (χ0) is 13.7. The van der Waals surface area contributed by atoms with Gasteiger partial charge in [-0.2, -0.15) is 0 Å². The van der Waals surface area contributed by atoms with E-state index >= 15 is 0 Å². The molecule has 2 aromatic rings. The molecular formula is C16H18N2O. The van der Waals surface area contributed by atoms with Crippen LogP contribution < -0.4 is 5.73 Å². The van der Waals surface area contributed by atoms with Gasteiger partial charge < -0.3 is 5.73 Å². The fraction of sp³-hybridized carbons (Fsp3) is 0.250. The summed E-state index contributed by atoms with van der Waals surface area (Å²) in [4.78, 5) is 16.1. The second-order valence-corrected chi connectivity index (χ2v) is 4.73. The van der Waals surface area contributed by atoms with Crippen LogP contribution in [0.15, 0.2) is 48.8 Å². The number of carbonyl (C=O) groups excluding carboxylic acids is 1. The minimum atomic E-state index is -0.0945. The second-order valence-electron chi connectivity index (χ2n) is 4.73. The largest absolute Gasteiger partial charge is 0.324 e. The molecule has 1 aromatic carbocycles. The second kappa shape index (κ2) is 6.25. The Morgan fingerprint density at radius 3 is 2.68 bits per heavy atom. The Bertz CT molecular complexity index is 552. The molecule has 0 radical (unpaired) electrons. The molecule has 1 heterocycles. The summed E-state index contributed by atoms with van der Waals surface area (Å²) in [6, 6.07) is 11.6. The highest BCUT2D eigenvalue weighted by atomic mass is 16.1. The van der Waals surface area contributed by atoms with Crippen LogP contribution in [0.4, 0.5) is 0 Å². The highest BCUT2D eigenvalue weighted by Gasteiger charge is 2.11. The molecule has 0 aliphatic rings. The molecule has 98 valence electrons. The van der Waals surface area contributed by atoms with Gasteiger partial charge in [0.1, 0.15) is 0 Å². The molecule has 0 saturated heterocycles. The summed E-state index contributed by atoms with van der Waals surface area (Å²) in [6.07, 6.45) is 4.45. The summed E-state index contributed by atoms with van der Waals surface area (Å²) in [5.74, 6) is 0.0996. The van der Waals surface area contributed by atoms with E-state index in [2.05, 4.69) is 4.98 Å². The van der Waals surface area contributed by atoms with Crippen molar-refractivity contribution in [3.8, 4) is 0 Å². The Hall–Kier alpha value is -2.00. The molecule has 3 heteroatoms. The lowest BCUT2D eigenvalue weighted by Gasteiger charge is -2.11. The number of nitrogens with two attached hydrogens (primary N) is 1. The van der Waals surface area contributed by atoms with Gasteiger partial charge in [-0.3, -0.25) is 9.78 Å². The van der Waals surface area contributed by atoms with E-state index in [0.717, 1.165) is 11.1 Å². The van der Waals surface area contributed by atoms with Gasteiger partial charge in [-0.05, 0) is 30.5 Å². The third kappa shape index (κ3) is 3.73. The smallest absolute Gasteiger partial charge is 0.164 e. The maximum atomic E-state index is 12.0. The number of benzene rings is 1. The first-order valence-electron chi connectivity index (χ1n) is 6.42. The van der Waals surface area contributed by atoms with E-state index in [1.165, 1.54) is 0 Å². The van der Waals surface area contributed by atoms with E-state index in [0.29, 0.717) is 18.4 Å². The quantitative estimate of drug-likeness (QED) is 0.834. The number of hydrogen-bond acceptors (Lipinski definition) is 3. The normalized spacial score (nSPS) is 12.1.